The zero-order chi connectivity index (χ0) is 37.1. The van der Waals surface area contributed by atoms with Gasteiger partial charge in [-0.1, -0.05) is 53.5 Å². The first kappa shape index (κ1) is 35.9. The Morgan fingerprint density at radius 2 is 1.69 bits per heavy atom. The van der Waals surface area contributed by atoms with Crippen LogP contribution in [0.1, 0.15) is 35.7 Å². The van der Waals surface area contributed by atoms with Crippen LogP contribution in [0.25, 0.3) is 33.3 Å². The molecule has 5 aromatic rings. The molecule has 1 saturated heterocycles. The number of aliphatic hydroxyl groups is 1. The fraction of sp³-hybridized carbons (Fsp3) is 0.333. The number of ether oxygens (including phenoxy) is 2. The second kappa shape index (κ2) is 13.8. The molecule has 1 aliphatic carbocycles. The van der Waals surface area contributed by atoms with Crippen molar-refractivity contribution in [3.8, 4) is 28.3 Å². The van der Waals surface area contributed by atoms with Gasteiger partial charge < -0.3 is 25.2 Å². The highest BCUT2D eigenvalue weighted by molar-refractivity contribution is 6.39. The maximum atomic E-state index is 14.0. The number of nitrogens with zero attached hydrogens (tertiary/aromatic N) is 4. The van der Waals surface area contributed by atoms with E-state index in [9.17, 15) is 27.9 Å². The van der Waals surface area contributed by atoms with E-state index < -0.39 is 35.0 Å². The van der Waals surface area contributed by atoms with Gasteiger partial charge in [0.2, 0.25) is 5.88 Å². The SMILES string of the molecule is COc1nc(-c2cccc(-c3cccc(Nc4nc(C(F)(F)F)cc5c4c(=O)n(C)c(=O)n5C)c3Cl)c2Cl)cc2c1C(NC1CCOCC1O)CC2. The molecule has 0 radical (unpaired) electrons. The van der Waals surface area contributed by atoms with Crippen LogP contribution < -0.4 is 26.6 Å². The Kier molecular flexibility index (Phi) is 9.55. The van der Waals surface area contributed by atoms with Gasteiger partial charge in [0.25, 0.3) is 5.56 Å². The van der Waals surface area contributed by atoms with Crippen molar-refractivity contribution < 1.29 is 27.8 Å². The normalized spacial score (nSPS) is 18.8. The summed E-state index contributed by atoms with van der Waals surface area (Å²) in [4.78, 5) is 34.4. The van der Waals surface area contributed by atoms with E-state index in [4.69, 9.17) is 37.7 Å². The maximum Gasteiger partial charge on any atom is 0.433 e. The third-order valence-corrected chi connectivity index (χ3v) is 10.5. The van der Waals surface area contributed by atoms with Crippen LogP contribution in [0.5, 0.6) is 5.88 Å². The fourth-order valence-corrected chi connectivity index (χ4v) is 7.57. The van der Waals surface area contributed by atoms with Gasteiger partial charge in [-0.2, -0.15) is 13.2 Å². The Morgan fingerprint density at radius 1 is 0.981 bits per heavy atom. The number of methoxy groups -OCH3 is 1. The van der Waals surface area contributed by atoms with E-state index in [0.717, 1.165) is 33.1 Å². The molecule has 0 amide bonds. The lowest BCUT2D eigenvalue weighted by molar-refractivity contribution is -0.141. The van der Waals surface area contributed by atoms with Crippen molar-refractivity contribution in [3.63, 3.8) is 0 Å². The van der Waals surface area contributed by atoms with Crippen molar-refractivity contribution in [2.24, 2.45) is 14.1 Å². The Hall–Kier alpha value is -4.47. The molecule has 2 aromatic carbocycles. The van der Waals surface area contributed by atoms with Crippen LogP contribution in [0, 0.1) is 0 Å². The molecule has 0 spiro atoms. The van der Waals surface area contributed by atoms with Gasteiger partial charge in [0.1, 0.15) is 16.9 Å². The monoisotopic (exact) mass is 756 g/mol. The third kappa shape index (κ3) is 6.32. The number of rotatable bonds is 7. The molecular weight excluding hydrogens is 724 g/mol. The molecule has 0 saturated carbocycles. The summed E-state index contributed by atoms with van der Waals surface area (Å²) in [7, 11) is 4.06. The zero-order valence-electron chi connectivity index (χ0n) is 28.1. The first-order valence-electron chi connectivity index (χ1n) is 16.4. The number of alkyl halides is 3. The predicted octanol–water partition coefficient (Wildman–Crippen LogP) is 6.17. The lowest BCUT2D eigenvalue weighted by Crippen LogP contribution is -2.47. The first-order valence-corrected chi connectivity index (χ1v) is 17.2. The molecule has 3 atom stereocenters. The van der Waals surface area contributed by atoms with Crippen LogP contribution >= 0.6 is 23.2 Å². The minimum absolute atomic E-state index is 0.0615. The zero-order valence-corrected chi connectivity index (χ0v) is 29.7. The smallest absolute Gasteiger partial charge is 0.433 e. The fourth-order valence-electron chi connectivity index (χ4n) is 6.97. The first-order chi connectivity index (χ1) is 24.8. The summed E-state index contributed by atoms with van der Waals surface area (Å²) in [5.74, 6) is 0.0210. The molecular formula is C36H33Cl2F3N6O5. The molecule has 272 valence electrons. The van der Waals surface area contributed by atoms with Crippen LogP contribution in [0.3, 0.4) is 0 Å². The summed E-state index contributed by atoms with van der Waals surface area (Å²) in [5, 5.41) is 17.0. The van der Waals surface area contributed by atoms with Crippen molar-refractivity contribution in [3.05, 3.63) is 96.2 Å². The largest absolute Gasteiger partial charge is 0.481 e. The summed E-state index contributed by atoms with van der Waals surface area (Å²) >= 11 is 14.0. The lowest BCUT2D eigenvalue weighted by Gasteiger charge is -2.31. The molecule has 3 N–H and O–H groups in total. The molecule has 11 nitrogen and oxygen atoms in total. The Balaban J connectivity index is 1.27. The standard InChI is InChI=1S/C36H33Cl2F3N6O5/c1-46-25-15-27(36(39,40)41)45-32(29(25)34(49)47(2)35(46)50)43-23-9-5-7-19(31(23)38)18-6-4-8-20(30(18)37)24-14-17-10-11-22(28(17)33(44-24)51-3)42-21-12-13-52-16-26(21)48/h4-9,14-15,21-22,26,42,48H,10-13,16H2,1-3H3,(H,43,45). The number of anilines is 2. The van der Waals surface area contributed by atoms with E-state index >= 15 is 0 Å². The minimum Gasteiger partial charge on any atom is -0.481 e. The number of hydrogen-bond acceptors (Lipinski definition) is 9. The van der Waals surface area contributed by atoms with Crippen molar-refractivity contribution in [2.75, 3.05) is 25.6 Å². The third-order valence-electron chi connectivity index (χ3n) is 9.65. The molecule has 7 rings (SSSR count). The summed E-state index contributed by atoms with van der Waals surface area (Å²) < 4.78 is 54.8. The summed E-state index contributed by atoms with van der Waals surface area (Å²) in [6.45, 7) is 0.853. The van der Waals surface area contributed by atoms with E-state index in [2.05, 4.69) is 15.6 Å². The predicted molar refractivity (Wildman–Crippen MR) is 192 cm³/mol. The van der Waals surface area contributed by atoms with E-state index in [1.165, 1.54) is 20.2 Å². The van der Waals surface area contributed by atoms with Crippen molar-refractivity contribution in [1.82, 2.24) is 24.4 Å². The van der Waals surface area contributed by atoms with Gasteiger partial charge in [0.05, 0.1) is 46.8 Å². The van der Waals surface area contributed by atoms with Gasteiger partial charge in [-0.15, -0.1) is 0 Å². The number of aliphatic hydroxyl groups excluding tert-OH is 1. The molecule has 52 heavy (non-hydrogen) atoms. The van der Waals surface area contributed by atoms with Crippen LogP contribution in [-0.2, 0) is 31.4 Å². The van der Waals surface area contributed by atoms with Crippen molar-refractivity contribution in [1.29, 1.82) is 0 Å². The number of fused-ring (bicyclic) bond motifs is 2. The van der Waals surface area contributed by atoms with Crippen molar-refractivity contribution >= 4 is 45.6 Å². The van der Waals surface area contributed by atoms with Gasteiger partial charge in [0, 0.05) is 55.0 Å². The van der Waals surface area contributed by atoms with Gasteiger partial charge in [-0.3, -0.25) is 13.9 Å². The summed E-state index contributed by atoms with van der Waals surface area (Å²) in [5.41, 5.74) is 1.09. The quantitative estimate of drug-likeness (QED) is 0.179. The molecule has 1 aliphatic heterocycles. The molecule has 16 heteroatoms. The molecule has 3 unspecified atom stereocenters. The Morgan fingerprint density at radius 3 is 2.40 bits per heavy atom. The molecule has 3 aromatic heterocycles. The second-order valence-electron chi connectivity index (χ2n) is 12.8. The van der Waals surface area contributed by atoms with Gasteiger partial charge in [0.15, 0.2) is 0 Å². The summed E-state index contributed by atoms with van der Waals surface area (Å²) in [6, 6.07) is 12.7. The van der Waals surface area contributed by atoms with E-state index in [1.807, 2.05) is 12.1 Å². The average Bonchev–Trinajstić information content (AvgIpc) is 3.53. The van der Waals surface area contributed by atoms with Gasteiger partial charge in [-0.05, 0) is 43.0 Å². The van der Waals surface area contributed by atoms with Crippen LogP contribution in [0.4, 0.5) is 24.7 Å². The topological polar surface area (TPSA) is 133 Å². The number of nitrogens with one attached hydrogen (secondary N) is 2. The number of benzene rings is 2. The van der Waals surface area contributed by atoms with Gasteiger partial charge >= 0.3 is 11.9 Å². The van der Waals surface area contributed by atoms with E-state index in [-0.39, 0.29) is 40.3 Å². The Labute approximate surface area is 304 Å². The minimum atomic E-state index is -4.87. The molecule has 2 aliphatic rings. The average molecular weight is 758 g/mol. The number of halogens is 5. The van der Waals surface area contributed by atoms with Gasteiger partial charge in [-0.25, -0.2) is 14.8 Å². The number of aryl methyl sites for hydroxylation is 2. The number of pyridine rings is 2. The highest BCUT2D eigenvalue weighted by Crippen LogP contribution is 2.45. The highest BCUT2D eigenvalue weighted by atomic mass is 35.5. The highest BCUT2D eigenvalue weighted by Gasteiger charge is 2.35. The maximum absolute atomic E-state index is 14.0. The van der Waals surface area contributed by atoms with Crippen LogP contribution in [-0.4, -0.2) is 56.7 Å². The Bertz CT molecular complexity index is 2350. The molecule has 0 bridgehead atoms. The van der Waals surface area contributed by atoms with Crippen molar-refractivity contribution in [2.45, 2.75) is 43.6 Å². The molecule has 4 heterocycles. The van der Waals surface area contributed by atoms with Crippen LogP contribution in [0.15, 0.2) is 58.1 Å². The molecule has 1 fully saturated rings. The van der Waals surface area contributed by atoms with Crippen LogP contribution in [0.2, 0.25) is 10.0 Å². The summed E-state index contributed by atoms with van der Waals surface area (Å²) in [6.07, 6.45) is -3.25. The number of aromatic nitrogens is 4. The van der Waals surface area contributed by atoms with E-state index in [1.54, 1.807) is 31.4 Å². The number of hydrogen-bond donors (Lipinski definition) is 3. The second-order valence-corrected chi connectivity index (χ2v) is 13.6. The lowest BCUT2D eigenvalue weighted by atomic mass is 9.99. The van der Waals surface area contributed by atoms with E-state index in [0.29, 0.717) is 52.4 Å².